The highest BCUT2D eigenvalue weighted by Crippen LogP contribution is 2.14. The van der Waals surface area contributed by atoms with Gasteiger partial charge in [-0.05, 0) is 24.3 Å². The quantitative estimate of drug-likeness (QED) is 0.787. The molecule has 1 N–H and O–H groups in total. The molecule has 0 atom stereocenters. The lowest BCUT2D eigenvalue weighted by molar-refractivity contribution is -0.113. The maximum Gasteiger partial charge on any atom is 0.234 e. The van der Waals surface area contributed by atoms with Gasteiger partial charge in [0.2, 0.25) is 5.91 Å². The summed E-state index contributed by atoms with van der Waals surface area (Å²) in [5.74, 6) is 1.40. The van der Waals surface area contributed by atoms with Crippen molar-refractivity contribution in [3.63, 3.8) is 0 Å². The van der Waals surface area contributed by atoms with Gasteiger partial charge in [0.15, 0.2) is 0 Å². The van der Waals surface area contributed by atoms with Gasteiger partial charge in [0.05, 0.1) is 17.0 Å². The predicted octanol–water partition coefficient (Wildman–Crippen LogP) is 3.03. The lowest BCUT2D eigenvalue weighted by atomic mass is 10.2. The van der Waals surface area contributed by atoms with Gasteiger partial charge in [0.1, 0.15) is 6.07 Å². The SMILES string of the molecule is CCCCSCC(=O)Nc1ccccc1C#N. The van der Waals surface area contributed by atoms with Gasteiger partial charge in [-0.15, -0.1) is 0 Å². The molecule has 17 heavy (non-hydrogen) atoms. The standard InChI is InChI=1S/C13H16N2OS/c1-2-3-8-17-10-13(16)15-12-7-5-4-6-11(12)9-14/h4-7H,2-3,8,10H2,1H3,(H,15,16). The second-order valence-corrected chi connectivity index (χ2v) is 4.72. The topological polar surface area (TPSA) is 52.9 Å². The van der Waals surface area contributed by atoms with Crippen LogP contribution in [-0.4, -0.2) is 17.4 Å². The summed E-state index contributed by atoms with van der Waals surface area (Å²) in [6.07, 6.45) is 2.28. The highest BCUT2D eigenvalue weighted by atomic mass is 32.2. The predicted molar refractivity (Wildman–Crippen MR) is 72.0 cm³/mol. The number of amides is 1. The summed E-state index contributed by atoms with van der Waals surface area (Å²) in [6.45, 7) is 2.13. The maximum absolute atomic E-state index is 11.6. The summed E-state index contributed by atoms with van der Waals surface area (Å²) in [5.41, 5.74) is 1.09. The molecule has 0 aliphatic heterocycles. The molecule has 1 aromatic rings. The average molecular weight is 248 g/mol. The number of para-hydroxylation sites is 1. The molecule has 0 aromatic heterocycles. The van der Waals surface area contributed by atoms with Crippen LogP contribution >= 0.6 is 11.8 Å². The molecule has 0 unspecified atom stereocenters. The van der Waals surface area contributed by atoms with Gasteiger partial charge in [-0.25, -0.2) is 0 Å². The Morgan fingerprint density at radius 1 is 1.47 bits per heavy atom. The lowest BCUT2D eigenvalue weighted by Gasteiger charge is -2.06. The molecule has 0 aliphatic carbocycles. The Morgan fingerprint density at radius 2 is 2.24 bits per heavy atom. The third-order valence-electron chi connectivity index (χ3n) is 2.20. The zero-order chi connectivity index (χ0) is 12.5. The second-order valence-electron chi connectivity index (χ2n) is 3.61. The summed E-state index contributed by atoms with van der Waals surface area (Å²) < 4.78 is 0. The number of hydrogen-bond donors (Lipinski definition) is 1. The van der Waals surface area contributed by atoms with E-state index in [0.717, 1.165) is 18.6 Å². The first kappa shape index (κ1) is 13.6. The molecule has 3 nitrogen and oxygen atoms in total. The number of anilines is 1. The van der Waals surface area contributed by atoms with Crippen molar-refractivity contribution in [1.82, 2.24) is 0 Å². The van der Waals surface area contributed by atoms with E-state index in [9.17, 15) is 4.79 Å². The molecule has 0 saturated heterocycles. The molecule has 90 valence electrons. The third kappa shape index (κ3) is 4.92. The first-order valence-corrected chi connectivity index (χ1v) is 6.80. The van der Waals surface area contributed by atoms with Gasteiger partial charge < -0.3 is 5.32 Å². The molecule has 0 heterocycles. The second kappa shape index (κ2) is 7.75. The molecule has 1 rings (SSSR count). The smallest absolute Gasteiger partial charge is 0.234 e. The molecule has 4 heteroatoms. The van der Waals surface area contributed by atoms with E-state index < -0.39 is 0 Å². The molecular weight excluding hydrogens is 232 g/mol. The Kier molecular flexibility index (Phi) is 6.19. The minimum atomic E-state index is -0.0474. The van der Waals surface area contributed by atoms with E-state index in [-0.39, 0.29) is 5.91 Å². The molecule has 0 bridgehead atoms. The Balaban J connectivity index is 2.43. The van der Waals surface area contributed by atoms with Crippen LogP contribution < -0.4 is 5.32 Å². The fourth-order valence-electron chi connectivity index (χ4n) is 1.29. The van der Waals surface area contributed by atoms with Crippen LogP contribution in [0.2, 0.25) is 0 Å². The molecule has 0 aliphatic rings. The van der Waals surface area contributed by atoms with E-state index in [2.05, 4.69) is 18.3 Å². The number of carbonyl (C=O) groups is 1. The number of benzene rings is 1. The molecule has 0 fully saturated rings. The van der Waals surface area contributed by atoms with Crippen LogP contribution in [0.25, 0.3) is 0 Å². The van der Waals surface area contributed by atoms with E-state index in [1.807, 2.05) is 0 Å². The van der Waals surface area contributed by atoms with E-state index in [1.54, 1.807) is 36.0 Å². The summed E-state index contributed by atoms with van der Waals surface area (Å²) in [4.78, 5) is 11.6. The average Bonchev–Trinajstić information content (AvgIpc) is 2.35. The first-order valence-electron chi connectivity index (χ1n) is 5.64. The van der Waals surface area contributed by atoms with Crippen LogP contribution in [0.15, 0.2) is 24.3 Å². The normalized spacial score (nSPS) is 9.65. The minimum absolute atomic E-state index is 0.0474. The molecule has 0 saturated carbocycles. The van der Waals surface area contributed by atoms with Crippen molar-refractivity contribution < 1.29 is 4.79 Å². The van der Waals surface area contributed by atoms with E-state index in [0.29, 0.717) is 17.0 Å². The van der Waals surface area contributed by atoms with Gasteiger partial charge >= 0.3 is 0 Å². The van der Waals surface area contributed by atoms with Crippen molar-refractivity contribution in [3.8, 4) is 6.07 Å². The van der Waals surface area contributed by atoms with Gasteiger partial charge in [-0.3, -0.25) is 4.79 Å². The van der Waals surface area contributed by atoms with E-state index in [4.69, 9.17) is 5.26 Å². The summed E-state index contributed by atoms with van der Waals surface area (Å²) in [6, 6.07) is 9.08. The van der Waals surface area contributed by atoms with Crippen LogP contribution in [-0.2, 0) is 4.79 Å². The number of rotatable bonds is 6. The maximum atomic E-state index is 11.6. The van der Waals surface area contributed by atoms with Gasteiger partial charge in [0.25, 0.3) is 0 Å². The molecule has 1 aromatic carbocycles. The molecule has 0 spiro atoms. The van der Waals surface area contributed by atoms with Gasteiger partial charge in [-0.1, -0.05) is 25.5 Å². The zero-order valence-electron chi connectivity index (χ0n) is 9.90. The number of nitriles is 1. The van der Waals surface area contributed by atoms with Crippen molar-refractivity contribution in [2.45, 2.75) is 19.8 Å². The number of nitrogens with one attached hydrogen (secondary N) is 1. The van der Waals surface area contributed by atoms with Crippen molar-refractivity contribution in [2.75, 3.05) is 16.8 Å². The van der Waals surface area contributed by atoms with E-state index in [1.165, 1.54) is 0 Å². The largest absolute Gasteiger partial charge is 0.324 e. The Bertz CT molecular complexity index is 412. The van der Waals surface area contributed by atoms with Crippen LogP contribution in [0.5, 0.6) is 0 Å². The Hall–Kier alpha value is -1.47. The van der Waals surface area contributed by atoms with E-state index >= 15 is 0 Å². The highest BCUT2D eigenvalue weighted by molar-refractivity contribution is 7.99. The van der Waals surface area contributed by atoms with Crippen molar-refractivity contribution in [2.24, 2.45) is 0 Å². The summed E-state index contributed by atoms with van der Waals surface area (Å²) in [7, 11) is 0. The summed E-state index contributed by atoms with van der Waals surface area (Å²) >= 11 is 1.62. The van der Waals surface area contributed by atoms with Crippen molar-refractivity contribution in [3.05, 3.63) is 29.8 Å². The number of carbonyl (C=O) groups excluding carboxylic acids is 1. The number of thioether (sulfide) groups is 1. The summed E-state index contributed by atoms with van der Waals surface area (Å²) in [5, 5.41) is 11.6. The fourth-order valence-corrected chi connectivity index (χ4v) is 2.18. The Labute approximate surface area is 106 Å². The molecule has 0 radical (unpaired) electrons. The lowest BCUT2D eigenvalue weighted by Crippen LogP contribution is -2.15. The third-order valence-corrected chi connectivity index (χ3v) is 3.24. The van der Waals surface area contributed by atoms with Crippen molar-refractivity contribution >= 4 is 23.4 Å². The number of unbranched alkanes of at least 4 members (excludes halogenated alkanes) is 1. The van der Waals surface area contributed by atoms with Crippen LogP contribution in [0.4, 0.5) is 5.69 Å². The monoisotopic (exact) mass is 248 g/mol. The Morgan fingerprint density at radius 3 is 2.94 bits per heavy atom. The first-order chi connectivity index (χ1) is 8.27. The number of hydrogen-bond acceptors (Lipinski definition) is 3. The molecule has 1 amide bonds. The van der Waals surface area contributed by atoms with Crippen LogP contribution in [0.1, 0.15) is 25.3 Å². The van der Waals surface area contributed by atoms with Gasteiger partial charge in [0, 0.05) is 0 Å². The van der Waals surface area contributed by atoms with Crippen molar-refractivity contribution in [1.29, 1.82) is 5.26 Å². The van der Waals surface area contributed by atoms with Crippen LogP contribution in [0.3, 0.4) is 0 Å². The zero-order valence-corrected chi connectivity index (χ0v) is 10.7. The number of nitrogens with zero attached hydrogens (tertiary/aromatic N) is 1. The fraction of sp³-hybridized carbons (Fsp3) is 0.385. The van der Waals surface area contributed by atoms with Gasteiger partial charge in [-0.2, -0.15) is 17.0 Å². The van der Waals surface area contributed by atoms with Crippen LogP contribution in [0, 0.1) is 11.3 Å². The highest BCUT2D eigenvalue weighted by Gasteiger charge is 2.05. The molecular formula is C13H16N2OS. The minimum Gasteiger partial charge on any atom is -0.324 e.